The molecule has 304 valence electrons. The summed E-state index contributed by atoms with van der Waals surface area (Å²) in [5.41, 5.74) is 17.4. The van der Waals surface area contributed by atoms with Gasteiger partial charge in [-0.25, -0.2) is 0 Å². The summed E-state index contributed by atoms with van der Waals surface area (Å²) in [7, 11) is 0. The molecule has 3 heteroatoms. The van der Waals surface area contributed by atoms with Gasteiger partial charge in [-0.1, -0.05) is 140 Å². The Hall–Kier alpha value is -8.66. The second-order valence-electron chi connectivity index (χ2n) is 16.6. The van der Waals surface area contributed by atoms with Crippen molar-refractivity contribution in [2.75, 3.05) is 4.90 Å². The third-order valence-corrected chi connectivity index (χ3v) is 12.8. The first-order valence-corrected chi connectivity index (χ1v) is 22.1. The molecule has 0 unspecified atom stereocenters. The van der Waals surface area contributed by atoms with E-state index in [4.69, 9.17) is 0 Å². The van der Waals surface area contributed by atoms with Crippen molar-refractivity contribution >= 4 is 49.4 Å². The quantitative estimate of drug-likeness (QED) is 0.136. The van der Waals surface area contributed by atoms with Crippen LogP contribution in [0.1, 0.15) is 0 Å². The first-order valence-electron chi connectivity index (χ1n) is 22.1. The van der Waals surface area contributed by atoms with E-state index in [0.29, 0.717) is 0 Å². The first-order chi connectivity index (χ1) is 32.2. The monoisotopic (exact) mass is 827 g/mol. The fraction of sp³-hybridized carbons (Fsp3) is 0. The van der Waals surface area contributed by atoms with Crippen molar-refractivity contribution in [3.05, 3.63) is 249 Å². The summed E-state index contributed by atoms with van der Waals surface area (Å²) in [6.45, 7) is 0. The van der Waals surface area contributed by atoms with Gasteiger partial charge < -0.3 is 4.90 Å². The topological polar surface area (TPSA) is 29.0 Å². The highest BCUT2D eigenvalue weighted by Gasteiger charge is 2.19. The Morgan fingerprint density at radius 1 is 0.246 bits per heavy atom. The molecule has 12 rings (SSSR count). The van der Waals surface area contributed by atoms with Gasteiger partial charge in [-0.3, -0.25) is 9.97 Å². The van der Waals surface area contributed by atoms with Gasteiger partial charge >= 0.3 is 0 Å². The molecule has 0 aliphatic heterocycles. The van der Waals surface area contributed by atoms with E-state index >= 15 is 0 Å². The van der Waals surface area contributed by atoms with Crippen molar-refractivity contribution in [1.82, 2.24) is 9.97 Å². The zero-order valence-corrected chi connectivity index (χ0v) is 35.5. The molecule has 2 heterocycles. The molecular formula is C62H41N3. The molecule has 3 nitrogen and oxygen atoms in total. The molecule has 0 bridgehead atoms. The third-order valence-electron chi connectivity index (χ3n) is 12.8. The lowest BCUT2D eigenvalue weighted by molar-refractivity contribution is 1.28. The number of pyridine rings is 2. The average molecular weight is 828 g/mol. The summed E-state index contributed by atoms with van der Waals surface area (Å²) in [4.78, 5) is 11.0. The average Bonchev–Trinajstić information content (AvgIpc) is 3.39. The van der Waals surface area contributed by atoms with Gasteiger partial charge in [0.2, 0.25) is 0 Å². The van der Waals surface area contributed by atoms with Crippen LogP contribution >= 0.6 is 0 Å². The maximum atomic E-state index is 4.30. The summed E-state index contributed by atoms with van der Waals surface area (Å²) < 4.78 is 0. The summed E-state index contributed by atoms with van der Waals surface area (Å²) in [6, 6.07) is 81.7. The van der Waals surface area contributed by atoms with Crippen LogP contribution in [0.25, 0.3) is 99.1 Å². The van der Waals surface area contributed by atoms with E-state index in [1.54, 1.807) is 0 Å². The summed E-state index contributed by atoms with van der Waals surface area (Å²) in [6.07, 6.45) is 7.45. The predicted octanol–water partition coefficient (Wildman–Crippen LogP) is 16.8. The lowest BCUT2D eigenvalue weighted by Gasteiger charge is -2.27. The Morgan fingerprint density at radius 3 is 1.12 bits per heavy atom. The largest absolute Gasteiger partial charge is 0.310 e. The number of aromatic nitrogens is 2. The summed E-state index contributed by atoms with van der Waals surface area (Å²) >= 11 is 0. The summed E-state index contributed by atoms with van der Waals surface area (Å²) in [5, 5.41) is 7.54. The highest BCUT2D eigenvalue weighted by atomic mass is 15.1. The Morgan fingerprint density at radius 2 is 0.631 bits per heavy atom. The van der Waals surface area contributed by atoms with Gasteiger partial charge in [-0.15, -0.1) is 0 Å². The SMILES string of the molecule is c1ccc(-c2cc(-c3ccccc3)cc(N(c3ccccc3)c3ccc(-c4ccc5ccc6c(-c7cc(-c8ccncc8)cc(-c8ccncc8)c7)ccc7ccc4c5c76)cc3)c2)cc1. The Bertz CT molecular complexity index is 3500. The fourth-order valence-electron chi connectivity index (χ4n) is 9.66. The molecule has 2 aromatic heterocycles. The number of hydrogen-bond donors (Lipinski definition) is 0. The Kier molecular flexibility index (Phi) is 9.50. The van der Waals surface area contributed by atoms with E-state index in [9.17, 15) is 0 Å². The molecule has 0 radical (unpaired) electrons. The Labute approximate surface area is 378 Å². The molecular weight excluding hydrogens is 787 g/mol. The number of rotatable bonds is 9. The van der Waals surface area contributed by atoms with Crippen molar-refractivity contribution in [3.8, 4) is 66.8 Å². The van der Waals surface area contributed by atoms with E-state index < -0.39 is 0 Å². The standard InChI is InChI=1S/C62H41N3/c1-4-10-42(11-5-1)51-37-52(43-12-6-2-7-13-43)41-56(40-51)65(54-14-8-3-9-15-54)55-22-16-46(17-23-55)57-24-18-47-21-27-60-58(25-19-48-20-26-59(57)61(47)62(48)60)53-38-49(44-28-32-63-33-29-44)36-50(39-53)45-30-34-64-35-31-45/h1-41H. The van der Waals surface area contributed by atoms with E-state index in [1.807, 2.05) is 24.8 Å². The maximum Gasteiger partial charge on any atom is 0.0473 e. The zero-order valence-electron chi connectivity index (χ0n) is 35.5. The van der Waals surface area contributed by atoms with Gasteiger partial charge in [0, 0.05) is 41.8 Å². The minimum atomic E-state index is 1.09. The molecule has 0 saturated carbocycles. The normalized spacial score (nSPS) is 11.4. The molecule has 0 amide bonds. The fourth-order valence-corrected chi connectivity index (χ4v) is 9.66. The van der Waals surface area contributed by atoms with Crippen LogP contribution in [-0.2, 0) is 0 Å². The molecule has 0 N–H and O–H groups in total. The minimum Gasteiger partial charge on any atom is -0.310 e. The second-order valence-corrected chi connectivity index (χ2v) is 16.6. The highest BCUT2D eigenvalue weighted by Crippen LogP contribution is 2.45. The molecule has 12 aromatic rings. The molecule has 0 aliphatic rings. The van der Waals surface area contributed by atoms with Gasteiger partial charge in [-0.2, -0.15) is 0 Å². The second kappa shape index (κ2) is 16.2. The number of anilines is 3. The van der Waals surface area contributed by atoms with Gasteiger partial charge in [0.05, 0.1) is 0 Å². The number of para-hydroxylation sites is 1. The van der Waals surface area contributed by atoms with E-state index in [0.717, 1.165) is 39.3 Å². The van der Waals surface area contributed by atoms with Gasteiger partial charge in [-0.05, 0) is 184 Å². The van der Waals surface area contributed by atoms with E-state index in [2.05, 4.69) is 239 Å². The number of nitrogens with zero attached hydrogens (tertiary/aromatic N) is 3. The lowest BCUT2D eigenvalue weighted by Crippen LogP contribution is -2.10. The lowest BCUT2D eigenvalue weighted by atomic mass is 9.86. The third kappa shape index (κ3) is 7.06. The highest BCUT2D eigenvalue weighted by molar-refractivity contribution is 6.27. The number of hydrogen-bond acceptors (Lipinski definition) is 3. The molecule has 0 saturated heterocycles. The molecule has 0 atom stereocenters. The molecule has 10 aromatic carbocycles. The maximum absolute atomic E-state index is 4.30. The minimum absolute atomic E-state index is 1.09. The zero-order chi connectivity index (χ0) is 43.1. The van der Waals surface area contributed by atoms with Crippen molar-refractivity contribution < 1.29 is 0 Å². The van der Waals surface area contributed by atoms with Crippen LogP contribution in [0.15, 0.2) is 249 Å². The molecule has 0 aliphatic carbocycles. The predicted molar refractivity (Wildman–Crippen MR) is 273 cm³/mol. The van der Waals surface area contributed by atoms with Crippen LogP contribution in [0.3, 0.4) is 0 Å². The van der Waals surface area contributed by atoms with Gasteiger partial charge in [0.25, 0.3) is 0 Å². The molecule has 65 heavy (non-hydrogen) atoms. The molecule has 0 fully saturated rings. The van der Waals surface area contributed by atoms with Crippen LogP contribution < -0.4 is 4.90 Å². The number of benzene rings is 10. The summed E-state index contributed by atoms with van der Waals surface area (Å²) in [5.74, 6) is 0. The van der Waals surface area contributed by atoms with Crippen LogP contribution in [0, 0.1) is 0 Å². The van der Waals surface area contributed by atoms with Crippen LogP contribution in [0.2, 0.25) is 0 Å². The first kappa shape index (κ1) is 38.0. The van der Waals surface area contributed by atoms with Crippen molar-refractivity contribution in [1.29, 1.82) is 0 Å². The van der Waals surface area contributed by atoms with Crippen molar-refractivity contribution in [2.24, 2.45) is 0 Å². The van der Waals surface area contributed by atoms with Gasteiger partial charge in [0.1, 0.15) is 0 Å². The van der Waals surface area contributed by atoms with Crippen molar-refractivity contribution in [3.63, 3.8) is 0 Å². The van der Waals surface area contributed by atoms with Crippen molar-refractivity contribution in [2.45, 2.75) is 0 Å². The van der Waals surface area contributed by atoms with Crippen LogP contribution in [0.4, 0.5) is 17.1 Å². The van der Waals surface area contributed by atoms with E-state index in [-0.39, 0.29) is 0 Å². The van der Waals surface area contributed by atoms with E-state index in [1.165, 1.54) is 76.8 Å². The van der Waals surface area contributed by atoms with Gasteiger partial charge in [0.15, 0.2) is 0 Å². The van der Waals surface area contributed by atoms with Crippen LogP contribution in [-0.4, -0.2) is 9.97 Å². The molecule has 0 spiro atoms. The van der Waals surface area contributed by atoms with Crippen LogP contribution in [0.5, 0.6) is 0 Å². The smallest absolute Gasteiger partial charge is 0.0473 e. The Balaban J connectivity index is 0.981.